The van der Waals surface area contributed by atoms with Crippen LogP contribution in [-0.4, -0.2) is 27.2 Å². The first-order valence-corrected chi connectivity index (χ1v) is 7.15. The van der Waals surface area contributed by atoms with Crippen LogP contribution in [0.2, 0.25) is 0 Å². The summed E-state index contributed by atoms with van der Waals surface area (Å²) in [5.74, 6) is 0.871. The minimum absolute atomic E-state index is 0.0553. The number of nitrogens with one attached hydrogen (secondary N) is 1. The summed E-state index contributed by atoms with van der Waals surface area (Å²) in [6.07, 6.45) is -0.310. The smallest absolute Gasteiger partial charge is 0.390 e. The fraction of sp³-hybridized carbons (Fsp3) is 0.188. The second-order valence-electron chi connectivity index (χ2n) is 5.14. The van der Waals surface area contributed by atoms with E-state index in [9.17, 15) is 18.3 Å². The minimum Gasteiger partial charge on any atom is -0.508 e. The lowest BCUT2D eigenvalue weighted by molar-refractivity contribution is -0.131. The van der Waals surface area contributed by atoms with Gasteiger partial charge in [-0.05, 0) is 12.1 Å². The molecule has 0 radical (unpaired) electrons. The standard InChI is InChI=1S/C16H14F3N3O2/c17-16(18,19)4-5-20-14-9-13(10-22-7-6-21-15(14)22)24-12-3-1-2-11(23)8-12/h1-3,6-10,20,23H,4-5H2. The lowest BCUT2D eigenvalue weighted by Gasteiger charge is -2.12. The molecule has 0 atom stereocenters. The van der Waals surface area contributed by atoms with Crippen molar-refractivity contribution in [3.8, 4) is 17.2 Å². The van der Waals surface area contributed by atoms with Crippen molar-refractivity contribution in [3.63, 3.8) is 0 Å². The average molecular weight is 337 g/mol. The van der Waals surface area contributed by atoms with Gasteiger partial charge >= 0.3 is 6.18 Å². The van der Waals surface area contributed by atoms with Gasteiger partial charge in [0.2, 0.25) is 0 Å². The molecule has 2 heterocycles. The number of nitrogens with zero attached hydrogens (tertiary/aromatic N) is 2. The highest BCUT2D eigenvalue weighted by atomic mass is 19.4. The summed E-state index contributed by atoms with van der Waals surface area (Å²) in [4.78, 5) is 4.12. The Labute approximate surface area is 135 Å². The number of alkyl halides is 3. The summed E-state index contributed by atoms with van der Waals surface area (Å²) in [5.41, 5.74) is 0.933. The molecule has 3 rings (SSSR count). The van der Waals surface area contributed by atoms with Crippen LogP contribution in [0.3, 0.4) is 0 Å². The predicted molar refractivity (Wildman–Crippen MR) is 82.5 cm³/mol. The van der Waals surface area contributed by atoms with Crippen LogP contribution in [0.4, 0.5) is 18.9 Å². The summed E-state index contributed by atoms with van der Waals surface area (Å²) in [6, 6.07) is 7.81. The summed E-state index contributed by atoms with van der Waals surface area (Å²) in [7, 11) is 0. The van der Waals surface area contributed by atoms with E-state index in [4.69, 9.17) is 4.74 Å². The molecule has 0 saturated heterocycles. The molecule has 0 aliphatic heterocycles. The van der Waals surface area contributed by atoms with Crippen molar-refractivity contribution < 1.29 is 23.0 Å². The van der Waals surface area contributed by atoms with Gasteiger partial charge in [0, 0.05) is 31.1 Å². The topological polar surface area (TPSA) is 58.8 Å². The first-order valence-electron chi connectivity index (χ1n) is 7.15. The molecule has 0 aliphatic carbocycles. The molecule has 0 unspecified atom stereocenters. The molecule has 2 N–H and O–H groups in total. The molecule has 3 aromatic rings. The van der Waals surface area contributed by atoms with Crippen molar-refractivity contribution >= 4 is 11.3 Å². The Bertz CT molecular complexity index is 846. The number of ether oxygens (including phenoxy) is 1. The predicted octanol–water partition coefficient (Wildman–Crippen LogP) is 4.20. The van der Waals surface area contributed by atoms with E-state index in [1.807, 2.05) is 0 Å². The highest BCUT2D eigenvalue weighted by molar-refractivity contribution is 5.69. The Morgan fingerprint density at radius 3 is 2.79 bits per heavy atom. The van der Waals surface area contributed by atoms with Gasteiger partial charge in [-0.3, -0.25) is 0 Å². The van der Waals surface area contributed by atoms with Crippen molar-refractivity contribution in [2.45, 2.75) is 12.6 Å². The molecular weight excluding hydrogens is 323 g/mol. The molecule has 24 heavy (non-hydrogen) atoms. The van der Waals surface area contributed by atoms with E-state index in [0.29, 0.717) is 22.8 Å². The van der Waals surface area contributed by atoms with Crippen molar-refractivity contribution in [1.29, 1.82) is 0 Å². The van der Waals surface area contributed by atoms with Gasteiger partial charge in [0.15, 0.2) is 5.65 Å². The number of hydrogen-bond donors (Lipinski definition) is 2. The zero-order valence-corrected chi connectivity index (χ0v) is 12.4. The van der Waals surface area contributed by atoms with Crippen LogP contribution in [0.25, 0.3) is 5.65 Å². The van der Waals surface area contributed by atoms with E-state index in [1.165, 1.54) is 12.1 Å². The number of aromatic hydroxyl groups is 1. The quantitative estimate of drug-likeness (QED) is 0.733. The Balaban J connectivity index is 1.84. The normalized spacial score (nSPS) is 11.6. The third-order valence-electron chi connectivity index (χ3n) is 3.24. The Morgan fingerprint density at radius 2 is 2.04 bits per heavy atom. The number of benzene rings is 1. The summed E-state index contributed by atoms with van der Waals surface area (Å²) >= 11 is 0. The molecule has 5 nitrogen and oxygen atoms in total. The number of rotatable bonds is 5. The maximum atomic E-state index is 12.3. The fourth-order valence-corrected chi connectivity index (χ4v) is 2.21. The zero-order chi connectivity index (χ0) is 17.2. The number of phenols is 1. The van der Waals surface area contributed by atoms with Gasteiger partial charge in [-0.25, -0.2) is 4.98 Å². The zero-order valence-electron chi connectivity index (χ0n) is 12.4. The van der Waals surface area contributed by atoms with Gasteiger partial charge in [-0.2, -0.15) is 13.2 Å². The molecule has 0 bridgehead atoms. The van der Waals surface area contributed by atoms with Crippen LogP contribution >= 0.6 is 0 Å². The number of anilines is 1. The van der Waals surface area contributed by atoms with Crippen LogP contribution in [0, 0.1) is 0 Å². The van der Waals surface area contributed by atoms with Crippen LogP contribution < -0.4 is 10.1 Å². The van der Waals surface area contributed by atoms with Gasteiger partial charge in [0.25, 0.3) is 0 Å². The number of phenolic OH excluding ortho intramolecular Hbond substituents is 1. The SMILES string of the molecule is Oc1cccc(Oc2cc(NCCC(F)(F)F)c3nccn3c2)c1. The lowest BCUT2D eigenvalue weighted by atomic mass is 10.3. The van der Waals surface area contributed by atoms with E-state index in [2.05, 4.69) is 10.3 Å². The van der Waals surface area contributed by atoms with Crippen LogP contribution in [0.5, 0.6) is 17.2 Å². The average Bonchev–Trinajstić information content (AvgIpc) is 2.94. The number of fused-ring (bicyclic) bond motifs is 1. The van der Waals surface area contributed by atoms with E-state index in [0.717, 1.165) is 0 Å². The van der Waals surface area contributed by atoms with Crippen molar-refractivity contribution in [3.05, 3.63) is 48.9 Å². The molecule has 0 aliphatic rings. The number of pyridine rings is 1. The van der Waals surface area contributed by atoms with E-state index < -0.39 is 12.6 Å². The maximum Gasteiger partial charge on any atom is 0.390 e. The Hall–Kier alpha value is -2.90. The molecule has 126 valence electrons. The second kappa shape index (κ2) is 6.31. The third-order valence-corrected chi connectivity index (χ3v) is 3.24. The van der Waals surface area contributed by atoms with E-state index >= 15 is 0 Å². The summed E-state index contributed by atoms with van der Waals surface area (Å²) in [6.45, 7) is -0.262. The molecule has 0 amide bonds. The van der Waals surface area contributed by atoms with E-state index in [-0.39, 0.29) is 12.3 Å². The van der Waals surface area contributed by atoms with Gasteiger partial charge in [0.05, 0.1) is 18.3 Å². The van der Waals surface area contributed by atoms with Gasteiger partial charge in [-0.15, -0.1) is 0 Å². The van der Waals surface area contributed by atoms with Crippen molar-refractivity contribution in [2.24, 2.45) is 0 Å². The maximum absolute atomic E-state index is 12.3. The highest BCUT2D eigenvalue weighted by Crippen LogP contribution is 2.29. The molecule has 0 fully saturated rings. The van der Waals surface area contributed by atoms with Gasteiger partial charge < -0.3 is 19.6 Å². The Morgan fingerprint density at radius 1 is 1.21 bits per heavy atom. The monoisotopic (exact) mass is 337 g/mol. The minimum atomic E-state index is -4.23. The Kier molecular flexibility index (Phi) is 4.20. The fourth-order valence-electron chi connectivity index (χ4n) is 2.21. The molecule has 2 aromatic heterocycles. The molecule has 1 aromatic carbocycles. The number of aromatic nitrogens is 2. The lowest BCUT2D eigenvalue weighted by Crippen LogP contribution is -2.15. The van der Waals surface area contributed by atoms with E-state index in [1.54, 1.807) is 41.2 Å². The van der Waals surface area contributed by atoms with Crippen LogP contribution in [0.1, 0.15) is 6.42 Å². The van der Waals surface area contributed by atoms with Crippen LogP contribution in [-0.2, 0) is 0 Å². The van der Waals surface area contributed by atoms with Crippen molar-refractivity contribution in [2.75, 3.05) is 11.9 Å². The van der Waals surface area contributed by atoms with Gasteiger partial charge in [-0.1, -0.05) is 6.07 Å². The molecular formula is C16H14F3N3O2. The largest absolute Gasteiger partial charge is 0.508 e. The van der Waals surface area contributed by atoms with Crippen molar-refractivity contribution in [1.82, 2.24) is 9.38 Å². The molecule has 0 spiro atoms. The second-order valence-corrected chi connectivity index (χ2v) is 5.14. The first kappa shape index (κ1) is 16.0. The van der Waals surface area contributed by atoms with Crippen LogP contribution in [0.15, 0.2) is 48.9 Å². The summed E-state index contributed by atoms with van der Waals surface area (Å²) in [5, 5.41) is 12.2. The molecule has 8 heteroatoms. The number of hydrogen-bond acceptors (Lipinski definition) is 4. The summed E-state index contributed by atoms with van der Waals surface area (Å²) < 4.78 is 44.2. The number of halogens is 3. The number of imidazole rings is 1. The third kappa shape index (κ3) is 3.89. The highest BCUT2D eigenvalue weighted by Gasteiger charge is 2.26. The first-order chi connectivity index (χ1) is 11.4. The van der Waals surface area contributed by atoms with Gasteiger partial charge in [0.1, 0.15) is 17.2 Å². The molecule has 0 saturated carbocycles.